The number of nitrogens with one attached hydrogen (secondary N) is 1. The van der Waals surface area contributed by atoms with Crippen LogP contribution in [0.5, 0.6) is 0 Å². The Bertz CT molecular complexity index is 1510. The Labute approximate surface area is 216 Å². The number of amides is 1. The van der Waals surface area contributed by atoms with Crippen LogP contribution in [0.2, 0.25) is 0 Å². The molecule has 5 rings (SSSR count). The lowest BCUT2D eigenvalue weighted by molar-refractivity contribution is -0.113. The number of rotatable bonds is 7. The van der Waals surface area contributed by atoms with Crippen LogP contribution < -0.4 is 5.32 Å². The molecule has 178 valence electrons. The lowest BCUT2D eigenvalue weighted by Crippen LogP contribution is -2.14. The van der Waals surface area contributed by atoms with Crippen molar-refractivity contribution in [1.82, 2.24) is 19.7 Å². The van der Waals surface area contributed by atoms with Gasteiger partial charge in [0.25, 0.3) is 0 Å². The number of thioether (sulfide) groups is 1. The number of aromatic nitrogens is 4. The van der Waals surface area contributed by atoms with E-state index in [-0.39, 0.29) is 11.7 Å². The molecule has 0 saturated carbocycles. The third-order valence-electron chi connectivity index (χ3n) is 5.85. The number of nitrogens with zero attached hydrogens (tertiary/aromatic N) is 4. The van der Waals surface area contributed by atoms with Crippen molar-refractivity contribution < 1.29 is 4.79 Å². The molecule has 3 heterocycles. The van der Waals surface area contributed by atoms with E-state index in [2.05, 4.69) is 71.4 Å². The van der Waals surface area contributed by atoms with E-state index in [1.54, 1.807) is 22.7 Å². The maximum atomic E-state index is 12.6. The van der Waals surface area contributed by atoms with Gasteiger partial charge in [0.1, 0.15) is 5.01 Å². The molecule has 0 saturated heterocycles. The van der Waals surface area contributed by atoms with E-state index in [9.17, 15) is 4.79 Å². The number of aryl methyl sites for hydroxylation is 2. The number of carbonyl (C=O) groups is 1. The summed E-state index contributed by atoms with van der Waals surface area (Å²) >= 11 is 4.80. The number of benzene rings is 2. The minimum atomic E-state index is -0.0760. The molecule has 0 fully saturated rings. The van der Waals surface area contributed by atoms with Crippen molar-refractivity contribution in [2.24, 2.45) is 0 Å². The van der Waals surface area contributed by atoms with Crippen molar-refractivity contribution in [3.63, 3.8) is 0 Å². The maximum Gasteiger partial charge on any atom is 0.234 e. The summed E-state index contributed by atoms with van der Waals surface area (Å²) in [4.78, 5) is 18.6. The molecule has 9 heteroatoms. The first-order chi connectivity index (χ1) is 16.9. The lowest BCUT2D eigenvalue weighted by atomic mass is 10.1. The quantitative estimate of drug-likeness (QED) is 0.235. The molecule has 5 aromatic rings. The molecule has 0 atom stereocenters. The number of carbonyl (C=O) groups excluding carboxylic acids is 1. The molecule has 0 bridgehead atoms. The number of thiazole rings is 1. The van der Waals surface area contributed by atoms with Crippen molar-refractivity contribution in [1.29, 1.82) is 0 Å². The predicted octanol–water partition coefficient (Wildman–Crippen LogP) is 6.96. The zero-order valence-electron chi connectivity index (χ0n) is 20.0. The third-order valence-corrected chi connectivity index (χ3v) is 8.90. The van der Waals surface area contributed by atoms with E-state index in [1.165, 1.54) is 32.5 Å². The van der Waals surface area contributed by atoms with Crippen molar-refractivity contribution in [3.8, 4) is 22.0 Å². The van der Waals surface area contributed by atoms with Crippen molar-refractivity contribution in [2.45, 2.75) is 39.4 Å². The van der Waals surface area contributed by atoms with E-state index in [4.69, 9.17) is 4.98 Å². The van der Waals surface area contributed by atoms with Gasteiger partial charge in [-0.1, -0.05) is 17.8 Å². The summed E-state index contributed by atoms with van der Waals surface area (Å²) < 4.78 is 3.25. The van der Waals surface area contributed by atoms with Gasteiger partial charge in [0.15, 0.2) is 11.0 Å². The monoisotopic (exact) mass is 519 g/mol. The molecular weight excluding hydrogens is 495 g/mol. The predicted molar refractivity (Wildman–Crippen MR) is 148 cm³/mol. The molecule has 6 nitrogen and oxygen atoms in total. The van der Waals surface area contributed by atoms with Gasteiger partial charge in [-0.2, -0.15) is 0 Å². The standard InChI is InChI=1S/C26H25N5OS3/c1-5-31-24(20-13-33-17(4)16(20)3)29-30-26(31)34-14-23(32)27-19-9-7-18(8-10-19)25-28-21-11-6-15(2)12-22(21)35-25/h6-13H,5,14H2,1-4H3,(H,27,32). The van der Waals surface area contributed by atoms with Gasteiger partial charge in [0, 0.05) is 33.6 Å². The van der Waals surface area contributed by atoms with E-state index in [0.717, 1.165) is 44.9 Å². The molecule has 0 radical (unpaired) electrons. The summed E-state index contributed by atoms with van der Waals surface area (Å²) in [6.45, 7) is 9.12. The Morgan fingerprint density at radius 2 is 1.89 bits per heavy atom. The summed E-state index contributed by atoms with van der Waals surface area (Å²) in [7, 11) is 0. The highest BCUT2D eigenvalue weighted by Crippen LogP contribution is 2.33. The zero-order chi connectivity index (χ0) is 24.5. The van der Waals surface area contributed by atoms with Crippen LogP contribution >= 0.6 is 34.4 Å². The van der Waals surface area contributed by atoms with Crippen LogP contribution in [-0.4, -0.2) is 31.4 Å². The van der Waals surface area contributed by atoms with Crippen LogP contribution in [0.3, 0.4) is 0 Å². The molecular formula is C26H25N5OS3. The van der Waals surface area contributed by atoms with Gasteiger partial charge in [-0.15, -0.1) is 32.9 Å². The van der Waals surface area contributed by atoms with Crippen molar-refractivity contribution >= 4 is 56.2 Å². The van der Waals surface area contributed by atoms with Gasteiger partial charge in [0.05, 0.1) is 16.0 Å². The van der Waals surface area contributed by atoms with Crippen molar-refractivity contribution in [3.05, 3.63) is 63.8 Å². The van der Waals surface area contributed by atoms with Crippen LogP contribution in [0, 0.1) is 20.8 Å². The molecule has 0 aliphatic rings. The molecule has 0 aliphatic carbocycles. The van der Waals surface area contributed by atoms with Gasteiger partial charge in [0.2, 0.25) is 5.91 Å². The molecule has 35 heavy (non-hydrogen) atoms. The van der Waals surface area contributed by atoms with Crippen molar-refractivity contribution in [2.75, 3.05) is 11.1 Å². The number of thiophene rings is 1. The molecule has 1 amide bonds. The van der Waals surface area contributed by atoms with Gasteiger partial charge in [-0.25, -0.2) is 4.98 Å². The number of fused-ring (bicyclic) bond motifs is 1. The molecule has 0 aliphatic heterocycles. The van der Waals surface area contributed by atoms with E-state index in [1.807, 2.05) is 24.3 Å². The van der Waals surface area contributed by atoms with Crippen LogP contribution in [-0.2, 0) is 11.3 Å². The highest BCUT2D eigenvalue weighted by molar-refractivity contribution is 7.99. The Morgan fingerprint density at radius 1 is 1.09 bits per heavy atom. The van der Waals surface area contributed by atoms with Gasteiger partial charge in [-0.3, -0.25) is 4.79 Å². The highest BCUT2D eigenvalue weighted by Gasteiger charge is 2.18. The zero-order valence-corrected chi connectivity index (χ0v) is 22.4. The lowest BCUT2D eigenvalue weighted by Gasteiger charge is -2.08. The van der Waals surface area contributed by atoms with E-state index >= 15 is 0 Å². The minimum Gasteiger partial charge on any atom is -0.325 e. The van der Waals surface area contributed by atoms with Crippen LogP contribution in [0.4, 0.5) is 5.69 Å². The summed E-state index contributed by atoms with van der Waals surface area (Å²) in [5, 5.41) is 15.6. The maximum absolute atomic E-state index is 12.6. The first kappa shape index (κ1) is 23.7. The Balaban J connectivity index is 1.23. The number of hydrogen-bond donors (Lipinski definition) is 1. The fraction of sp³-hybridized carbons (Fsp3) is 0.231. The van der Waals surface area contributed by atoms with E-state index in [0.29, 0.717) is 0 Å². The number of anilines is 1. The highest BCUT2D eigenvalue weighted by atomic mass is 32.2. The normalized spacial score (nSPS) is 11.3. The molecule has 1 N–H and O–H groups in total. The summed E-state index contributed by atoms with van der Waals surface area (Å²) in [5.74, 6) is 1.05. The molecule has 0 spiro atoms. The first-order valence-corrected chi connectivity index (χ1v) is 14.0. The SMILES string of the molecule is CCn1c(SCC(=O)Nc2ccc(-c3nc4ccc(C)cc4s3)cc2)nnc1-c1csc(C)c1C. The van der Waals surface area contributed by atoms with E-state index < -0.39 is 0 Å². The van der Waals surface area contributed by atoms with Crippen LogP contribution in [0.1, 0.15) is 22.9 Å². The average Bonchev–Trinajstić information content (AvgIpc) is 3.55. The minimum absolute atomic E-state index is 0.0760. The largest absolute Gasteiger partial charge is 0.325 e. The molecule has 0 unspecified atom stereocenters. The summed E-state index contributed by atoms with van der Waals surface area (Å²) in [5.41, 5.74) is 6.39. The second kappa shape index (κ2) is 9.93. The summed E-state index contributed by atoms with van der Waals surface area (Å²) in [6.07, 6.45) is 0. The Morgan fingerprint density at radius 3 is 2.60 bits per heavy atom. The molecule has 2 aromatic carbocycles. The fourth-order valence-electron chi connectivity index (χ4n) is 3.79. The first-order valence-electron chi connectivity index (χ1n) is 11.3. The summed E-state index contributed by atoms with van der Waals surface area (Å²) in [6, 6.07) is 14.1. The van der Waals surface area contributed by atoms with Gasteiger partial charge >= 0.3 is 0 Å². The average molecular weight is 520 g/mol. The number of hydrogen-bond acceptors (Lipinski definition) is 7. The molecule has 3 aromatic heterocycles. The second-order valence-corrected chi connectivity index (χ2v) is 11.3. The smallest absolute Gasteiger partial charge is 0.234 e. The van der Waals surface area contributed by atoms with Gasteiger partial charge in [-0.05, 0) is 75.2 Å². The van der Waals surface area contributed by atoms with Crippen LogP contribution in [0.25, 0.3) is 32.2 Å². The fourth-order valence-corrected chi connectivity index (χ4v) is 6.53. The topological polar surface area (TPSA) is 72.7 Å². The Kier molecular flexibility index (Phi) is 6.73. The van der Waals surface area contributed by atoms with Gasteiger partial charge < -0.3 is 9.88 Å². The third kappa shape index (κ3) is 4.89. The Hall–Kier alpha value is -3.01. The van der Waals surface area contributed by atoms with Crippen LogP contribution in [0.15, 0.2) is 53.0 Å². The second-order valence-electron chi connectivity index (χ2n) is 8.29.